The van der Waals surface area contributed by atoms with Crippen molar-refractivity contribution in [2.75, 3.05) is 0 Å². The zero-order valence-electron chi connectivity index (χ0n) is 11.2. The number of hydrogen-bond acceptors (Lipinski definition) is 1. The van der Waals surface area contributed by atoms with Gasteiger partial charge in [0.25, 0.3) is 0 Å². The smallest absolute Gasteiger partial charge is 0.0999 e. The maximum Gasteiger partial charge on any atom is 0.0999 e. The van der Waals surface area contributed by atoms with Crippen LogP contribution in [0.2, 0.25) is 0 Å². The first-order valence-electron chi connectivity index (χ1n) is 6.42. The van der Waals surface area contributed by atoms with E-state index in [1.807, 2.05) is 24.5 Å². The maximum absolute atomic E-state index is 4.51. The molecule has 0 unspecified atom stereocenters. The highest BCUT2D eigenvalue weighted by Gasteiger charge is 2.07. The molecule has 3 aromatic rings. The van der Waals surface area contributed by atoms with Crippen LogP contribution in [0.3, 0.4) is 0 Å². The van der Waals surface area contributed by atoms with Crippen molar-refractivity contribution >= 4 is 0 Å². The van der Waals surface area contributed by atoms with Gasteiger partial charge in [-0.25, -0.2) is 4.98 Å². The Morgan fingerprint density at radius 3 is 2.21 bits per heavy atom. The summed E-state index contributed by atoms with van der Waals surface area (Å²) in [7, 11) is 0. The van der Waals surface area contributed by atoms with Crippen LogP contribution in [0.25, 0.3) is 16.9 Å². The van der Waals surface area contributed by atoms with Gasteiger partial charge in [-0.05, 0) is 25.0 Å². The highest BCUT2D eigenvalue weighted by molar-refractivity contribution is 5.59. The summed E-state index contributed by atoms with van der Waals surface area (Å²) in [5, 5.41) is 0. The minimum absolute atomic E-state index is 1.00. The standard InChI is InChI=1S/C17H16N2/c1-13-7-6-8-14(2)17(13)19-11-16(18-12-19)15-9-4-3-5-10-15/h3-12H,1-2H3. The molecule has 0 aliphatic carbocycles. The van der Waals surface area contributed by atoms with Gasteiger partial charge in [-0.2, -0.15) is 0 Å². The van der Waals surface area contributed by atoms with Crippen molar-refractivity contribution in [1.82, 2.24) is 9.55 Å². The number of nitrogens with zero attached hydrogens (tertiary/aromatic N) is 2. The average molecular weight is 248 g/mol. The quantitative estimate of drug-likeness (QED) is 0.666. The first kappa shape index (κ1) is 11.7. The lowest BCUT2D eigenvalue weighted by Crippen LogP contribution is -1.96. The van der Waals surface area contributed by atoms with Crippen molar-refractivity contribution in [3.63, 3.8) is 0 Å². The van der Waals surface area contributed by atoms with Gasteiger partial charge in [-0.3, -0.25) is 0 Å². The third-order valence-electron chi connectivity index (χ3n) is 3.35. The lowest BCUT2D eigenvalue weighted by atomic mass is 10.1. The fraction of sp³-hybridized carbons (Fsp3) is 0.118. The minimum Gasteiger partial charge on any atom is -0.305 e. The molecule has 0 amide bonds. The largest absolute Gasteiger partial charge is 0.305 e. The summed E-state index contributed by atoms with van der Waals surface area (Å²) in [4.78, 5) is 4.51. The van der Waals surface area contributed by atoms with Crippen LogP contribution in [0.1, 0.15) is 11.1 Å². The van der Waals surface area contributed by atoms with Crippen molar-refractivity contribution in [2.45, 2.75) is 13.8 Å². The van der Waals surface area contributed by atoms with Gasteiger partial charge >= 0.3 is 0 Å². The molecule has 0 spiro atoms. The second-order valence-electron chi connectivity index (χ2n) is 4.77. The number of benzene rings is 2. The molecule has 0 saturated heterocycles. The third-order valence-corrected chi connectivity index (χ3v) is 3.35. The summed E-state index contributed by atoms with van der Waals surface area (Å²) in [6.07, 6.45) is 3.97. The number of hydrogen-bond donors (Lipinski definition) is 0. The molecule has 0 bridgehead atoms. The zero-order chi connectivity index (χ0) is 13.2. The molecule has 0 saturated carbocycles. The van der Waals surface area contributed by atoms with Crippen molar-refractivity contribution in [3.05, 3.63) is 72.2 Å². The van der Waals surface area contributed by atoms with E-state index >= 15 is 0 Å². The fourth-order valence-corrected chi connectivity index (χ4v) is 2.42. The summed E-state index contributed by atoms with van der Waals surface area (Å²) >= 11 is 0. The molecule has 19 heavy (non-hydrogen) atoms. The number of aromatic nitrogens is 2. The molecular formula is C17H16N2. The molecule has 94 valence electrons. The van der Waals surface area contributed by atoms with Crippen LogP contribution in [-0.2, 0) is 0 Å². The summed E-state index contributed by atoms with van der Waals surface area (Å²) in [5.74, 6) is 0. The van der Waals surface area contributed by atoms with Crippen molar-refractivity contribution in [1.29, 1.82) is 0 Å². The molecule has 2 heteroatoms. The van der Waals surface area contributed by atoms with Gasteiger partial charge in [0.15, 0.2) is 0 Å². The number of aryl methyl sites for hydroxylation is 2. The van der Waals surface area contributed by atoms with Gasteiger partial charge in [0, 0.05) is 11.8 Å². The summed E-state index contributed by atoms with van der Waals surface area (Å²) in [6.45, 7) is 4.26. The third kappa shape index (κ3) is 2.17. The molecule has 1 heterocycles. The Morgan fingerprint density at radius 1 is 0.842 bits per heavy atom. The monoisotopic (exact) mass is 248 g/mol. The van der Waals surface area contributed by atoms with E-state index in [1.165, 1.54) is 16.8 Å². The molecule has 0 radical (unpaired) electrons. The Morgan fingerprint density at radius 2 is 1.53 bits per heavy atom. The highest BCUT2D eigenvalue weighted by atomic mass is 15.0. The van der Waals surface area contributed by atoms with E-state index in [-0.39, 0.29) is 0 Å². The molecular weight excluding hydrogens is 232 g/mol. The zero-order valence-corrected chi connectivity index (χ0v) is 11.2. The van der Waals surface area contributed by atoms with E-state index in [1.54, 1.807) is 0 Å². The van der Waals surface area contributed by atoms with Crippen LogP contribution in [0, 0.1) is 13.8 Å². The van der Waals surface area contributed by atoms with Crippen LogP contribution < -0.4 is 0 Å². The molecule has 0 aliphatic heterocycles. The average Bonchev–Trinajstić information content (AvgIpc) is 2.89. The van der Waals surface area contributed by atoms with Crippen molar-refractivity contribution < 1.29 is 0 Å². The van der Waals surface area contributed by atoms with Crippen LogP contribution in [0.4, 0.5) is 0 Å². The Bertz CT molecular complexity index is 676. The van der Waals surface area contributed by atoms with Gasteiger partial charge in [-0.1, -0.05) is 48.5 Å². The molecule has 2 nitrogen and oxygen atoms in total. The predicted molar refractivity (Wildman–Crippen MR) is 78.5 cm³/mol. The minimum atomic E-state index is 1.00. The van der Waals surface area contributed by atoms with E-state index in [9.17, 15) is 0 Å². The lowest BCUT2D eigenvalue weighted by Gasteiger charge is -2.09. The van der Waals surface area contributed by atoms with Crippen LogP contribution in [-0.4, -0.2) is 9.55 Å². The normalized spacial score (nSPS) is 10.6. The first-order chi connectivity index (χ1) is 9.25. The summed E-state index contributed by atoms with van der Waals surface area (Å²) in [5.41, 5.74) is 5.89. The lowest BCUT2D eigenvalue weighted by molar-refractivity contribution is 1.02. The molecule has 1 aromatic heterocycles. The molecule has 0 aliphatic rings. The van der Waals surface area contributed by atoms with E-state index in [0.717, 1.165) is 11.3 Å². The summed E-state index contributed by atoms with van der Waals surface area (Å²) in [6, 6.07) is 16.6. The van der Waals surface area contributed by atoms with Gasteiger partial charge in [0.05, 0.1) is 17.7 Å². The van der Waals surface area contributed by atoms with Gasteiger partial charge < -0.3 is 4.57 Å². The summed E-state index contributed by atoms with van der Waals surface area (Å²) < 4.78 is 2.10. The van der Waals surface area contributed by atoms with E-state index < -0.39 is 0 Å². The van der Waals surface area contributed by atoms with Gasteiger partial charge in [0.1, 0.15) is 0 Å². The van der Waals surface area contributed by atoms with Crippen LogP contribution >= 0.6 is 0 Å². The molecule has 3 rings (SSSR count). The topological polar surface area (TPSA) is 17.8 Å². The first-order valence-corrected chi connectivity index (χ1v) is 6.42. The Hall–Kier alpha value is -2.35. The molecule has 0 N–H and O–H groups in total. The van der Waals surface area contributed by atoms with Crippen molar-refractivity contribution in [2.24, 2.45) is 0 Å². The van der Waals surface area contributed by atoms with E-state index in [0.29, 0.717) is 0 Å². The Labute approximate surface area is 113 Å². The number of rotatable bonds is 2. The number of imidazole rings is 1. The fourth-order valence-electron chi connectivity index (χ4n) is 2.42. The predicted octanol–water partition coefficient (Wildman–Crippen LogP) is 4.16. The molecule has 2 aromatic carbocycles. The van der Waals surface area contributed by atoms with E-state index in [2.05, 4.69) is 59.9 Å². The van der Waals surface area contributed by atoms with Crippen LogP contribution in [0.5, 0.6) is 0 Å². The molecule has 0 atom stereocenters. The second kappa shape index (κ2) is 4.73. The van der Waals surface area contributed by atoms with Gasteiger partial charge in [-0.15, -0.1) is 0 Å². The highest BCUT2D eigenvalue weighted by Crippen LogP contribution is 2.22. The Balaban J connectivity index is 2.07. The molecule has 0 fully saturated rings. The van der Waals surface area contributed by atoms with Gasteiger partial charge in [0.2, 0.25) is 0 Å². The Kier molecular flexibility index (Phi) is 2.92. The second-order valence-corrected chi connectivity index (χ2v) is 4.77. The van der Waals surface area contributed by atoms with E-state index in [4.69, 9.17) is 0 Å². The van der Waals surface area contributed by atoms with Crippen LogP contribution in [0.15, 0.2) is 61.1 Å². The van der Waals surface area contributed by atoms with Crippen molar-refractivity contribution in [3.8, 4) is 16.9 Å². The number of para-hydroxylation sites is 1. The SMILES string of the molecule is Cc1cccc(C)c1-n1cnc(-c2ccccc2)c1. The maximum atomic E-state index is 4.51.